The van der Waals surface area contributed by atoms with Crippen LogP contribution in [-0.4, -0.2) is 30.0 Å². The minimum absolute atomic E-state index is 0.0207. The van der Waals surface area contributed by atoms with Crippen molar-refractivity contribution in [3.05, 3.63) is 47.5 Å². The van der Waals surface area contributed by atoms with Gasteiger partial charge in [-0.1, -0.05) is 0 Å². The minimum Gasteiger partial charge on any atom is -0.490 e. The standard InChI is InChI=1S/C30H46O5/c1-20(2)32-25-18-21(33-27(3,4)5)14-16-23(25)30(12,31-13)24-17-15-22(34-28(6,7)8)19-26(24)35-29(9,10)11/h14-20H,1-13H3. The first-order valence-electron chi connectivity index (χ1n) is 12.4. The molecule has 0 aliphatic carbocycles. The van der Waals surface area contributed by atoms with E-state index in [1.165, 1.54) is 0 Å². The van der Waals surface area contributed by atoms with Gasteiger partial charge in [0, 0.05) is 30.4 Å². The molecular formula is C30H46O5. The molecule has 2 aromatic carbocycles. The number of benzene rings is 2. The predicted octanol–water partition coefficient (Wildman–Crippen LogP) is 7.92. The fourth-order valence-electron chi connectivity index (χ4n) is 3.76. The van der Waals surface area contributed by atoms with E-state index in [0.29, 0.717) is 11.5 Å². The van der Waals surface area contributed by atoms with Gasteiger partial charge in [0.25, 0.3) is 0 Å². The van der Waals surface area contributed by atoms with Gasteiger partial charge in [-0.2, -0.15) is 0 Å². The van der Waals surface area contributed by atoms with Crippen LogP contribution in [0, 0.1) is 0 Å². The van der Waals surface area contributed by atoms with Gasteiger partial charge < -0.3 is 23.7 Å². The quantitative estimate of drug-likeness (QED) is 0.379. The highest BCUT2D eigenvalue weighted by molar-refractivity contribution is 5.53. The van der Waals surface area contributed by atoms with E-state index in [0.717, 1.165) is 22.6 Å². The Kier molecular flexibility index (Phi) is 8.48. The second-order valence-electron chi connectivity index (χ2n) is 12.4. The summed E-state index contributed by atoms with van der Waals surface area (Å²) < 4.78 is 31.2. The van der Waals surface area contributed by atoms with E-state index in [4.69, 9.17) is 23.7 Å². The summed E-state index contributed by atoms with van der Waals surface area (Å²) in [5.41, 5.74) is -0.145. The van der Waals surface area contributed by atoms with Crippen LogP contribution in [0.15, 0.2) is 36.4 Å². The van der Waals surface area contributed by atoms with E-state index in [1.807, 2.05) is 119 Å². The molecule has 0 fully saturated rings. The molecule has 0 bridgehead atoms. The van der Waals surface area contributed by atoms with Crippen molar-refractivity contribution in [1.29, 1.82) is 0 Å². The molecule has 5 nitrogen and oxygen atoms in total. The molecule has 0 aliphatic heterocycles. The fourth-order valence-corrected chi connectivity index (χ4v) is 3.76. The number of ether oxygens (including phenoxy) is 5. The van der Waals surface area contributed by atoms with Gasteiger partial charge in [-0.05, 0) is 107 Å². The molecule has 1 unspecified atom stereocenters. The molecule has 5 heteroatoms. The molecule has 35 heavy (non-hydrogen) atoms. The maximum absolute atomic E-state index is 6.44. The normalized spacial score (nSPS) is 14.5. The van der Waals surface area contributed by atoms with E-state index in [2.05, 4.69) is 0 Å². The fraction of sp³-hybridized carbons (Fsp3) is 0.600. The van der Waals surface area contributed by atoms with Gasteiger partial charge in [0.05, 0.1) is 6.10 Å². The molecule has 2 rings (SSSR count). The van der Waals surface area contributed by atoms with Crippen LogP contribution in [0.2, 0.25) is 0 Å². The highest BCUT2D eigenvalue weighted by atomic mass is 16.5. The Morgan fingerprint density at radius 1 is 0.571 bits per heavy atom. The predicted molar refractivity (Wildman–Crippen MR) is 143 cm³/mol. The van der Waals surface area contributed by atoms with E-state index in [-0.39, 0.29) is 17.3 Å². The Morgan fingerprint density at radius 3 is 1.34 bits per heavy atom. The first kappa shape index (κ1) is 28.8. The van der Waals surface area contributed by atoms with Gasteiger partial charge in [-0.15, -0.1) is 0 Å². The lowest BCUT2D eigenvalue weighted by atomic mass is 9.86. The highest BCUT2D eigenvalue weighted by Gasteiger charge is 2.36. The third kappa shape index (κ3) is 8.34. The summed E-state index contributed by atoms with van der Waals surface area (Å²) in [6.07, 6.45) is -0.0207. The zero-order chi connectivity index (χ0) is 26.8. The maximum atomic E-state index is 6.44. The van der Waals surface area contributed by atoms with Gasteiger partial charge in [-0.25, -0.2) is 0 Å². The SMILES string of the molecule is COC(C)(c1ccc(OC(C)(C)C)cc1OC(C)C)c1ccc(OC(C)(C)C)cc1OC(C)(C)C. The zero-order valence-electron chi connectivity index (χ0n) is 24.1. The first-order chi connectivity index (χ1) is 15.8. The molecule has 0 heterocycles. The molecular weight excluding hydrogens is 440 g/mol. The Hall–Kier alpha value is -2.40. The summed E-state index contributed by atoms with van der Waals surface area (Å²) in [5, 5.41) is 0. The van der Waals surface area contributed by atoms with Crippen LogP contribution in [0.5, 0.6) is 23.0 Å². The molecule has 0 aromatic heterocycles. The Balaban J connectivity index is 2.71. The average molecular weight is 487 g/mol. The van der Waals surface area contributed by atoms with Crippen LogP contribution >= 0.6 is 0 Å². The van der Waals surface area contributed by atoms with E-state index in [1.54, 1.807) is 7.11 Å². The molecule has 0 saturated heterocycles. The molecule has 0 amide bonds. The van der Waals surface area contributed by atoms with Gasteiger partial charge in [-0.3, -0.25) is 0 Å². The number of rotatable bonds is 8. The van der Waals surface area contributed by atoms with Crippen molar-refractivity contribution >= 4 is 0 Å². The summed E-state index contributed by atoms with van der Waals surface area (Å²) in [6, 6.07) is 11.9. The summed E-state index contributed by atoms with van der Waals surface area (Å²) in [5.74, 6) is 2.90. The van der Waals surface area contributed by atoms with Crippen molar-refractivity contribution in [2.24, 2.45) is 0 Å². The minimum atomic E-state index is -0.856. The van der Waals surface area contributed by atoms with Crippen molar-refractivity contribution in [2.75, 3.05) is 7.11 Å². The first-order valence-corrected chi connectivity index (χ1v) is 12.4. The largest absolute Gasteiger partial charge is 0.490 e. The number of hydrogen-bond donors (Lipinski definition) is 0. The lowest BCUT2D eigenvalue weighted by Gasteiger charge is -2.35. The van der Waals surface area contributed by atoms with Gasteiger partial charge in [0.2, 0.25) is 0 Å². The monoisotopic (exact) mass is 486 g/mol. The van der Waals surface area contributed by atoms with Crippen molar-refractivity contribution in [1.82, 2.24) is 0 Å². The molecule has 0 spiro atoms. The van der Waals surface area contributed by atoms with Crippen molar-refractivity contribution in [3.8, 4) is 23.0 Å². The summed E-state index contributed by atoms with van der Waals surface area (Å²) in [7, 11) is 1.71. The number of methoxy groups -OCH3 is 1. The molecule has 0 aliphatic rings. The highest BCUT2D eigenvalue weighted by Crippen LogP contribution is 2.45. The van der Waals surface area contributed by atoms with Crippen molar-refractivity contribution in [3.63, 3.8) is 0 Å². The van der Waals surface area contributed by atoms with E-state index in [9.17, 15) is 0 Å². The second-order valence-corrected chi connectivity index (χ2v) is 12.4. The van der Waals surface area contributed by atoms with Crippen LogP contribution in [0.1, 0.15) is 94.2 Å². The van der Waals surface area contributed by atoms with Crippen LogP contribution in [0.3, 0.4) is 0 Å². The topological polar surface area (TPSA) is 46.2 Å². The maximum Gasteiger partial charge on any atom is 0.130 e. The lowest BCUT2D eigenvalue weighted by Crippen LogP contribution is -2.31. The smallest absolute Gasteiger partial charge is 0.130 e. The lowest BCUT2D eigenvalue weighted by molar-refractivity contribution is 0.0289. The third-order valence-electron chi connectivity index (χ3n) is 4.97. The molecule has 2 aromatic rings. The van der Waals surface area contributed by atoms with Crippen LogP contribution < -0.4 is 18.9 Å². The van der Waals surface area contributed by atoms with Crippen molar-refractivity contribution < 1.29 is 23.7 Å². The van der Waals surface area contributed by atoms with Crippen LogP contribution in [0.4, 0.5) is 0 Å². The molecule has 196 valence electrons. The van der Waals surface area contributed by atoms with Crippen molar-refractivity contribution in [2.45, 2.75) is 112 Å². The van der Waals surface area contributed by atoms with Gasteiger partial charge in [0.15, 0.2) is 0 Å². The van der Waals surface area contributed by atoms with E-state index < -0.39 is 11.2 Å². The summed E-state index contributed by atoms with van der Waals surface area (Å²) in [4.78, 5) is 0. The Morgan fingerprint density at radius 2 is 0.971 bits per heavy atom. The molecule has 0 saturated carbocycles. The zero-order valence-corrected chi connectivity index (χ0v) is 24.1. The van der Waals surface area contributed by atoms with Gasteiger partial charge >= 0.3 is 0 Å². The van der Waals surface area contributed by atoms with Crippen LogP contribution in [-0.2, 0) is 10.3 Å². The third-order valence-corrected chi connectivity index (χ3v) is 4.97. The van der Waals surface area contributed by atoms with Gasteiger partial charge in [0.1, 0.15) is 45.4 Å². The van der Waals surface area contributed by atoms with Crippen LogP contribution in [0.25, 0.3) is 0 Å². The second kappa shape index (κ2) is 10.3. The summed E-state index contributed by atoms with van der Waals surface area (Å²) >= 11 is 0. The summed E-state index contributed by atoms with van der Waals surface area (Å²) in [6.45, 7) is 24.3. The molecule has 0 N–H and O–H groups in total. The molecule has 0 radical (unpaired) electrons. The Labute approximate surface area is 213 Å². The number of hydrogen-bond acceptors (Lipinski definition) is 5. The average Bonchev–Trinajstić information content (AvgIpc) is 2.63. The van der Waals surface area contributed by atoms with E-state index >= 15 is 0 Å². The molecule has 1 atom stereocenters. The Bertz CT molecular complexity index is 989.